The lowest BCUT2D eigenvalue weighted by Gasteiger charge is -2.19. The lowest BCUT2D eigenvalue weighted by atomic mass is 10.0. The summed E-state index contributed by atoms with van der Waals surface area (Å²) >= 11 is 0. The number of carbonyl (C=O) groups excluding carboxylic acids is 1. The molecule has 0 spiro atoms. The summed E-state index contributed by atoms with van der Waals surface area (Å²) in [6.45, 7) is 1.18. The highest BCUT2D eigenvalue weighted by Crippen LogP contribution is 2.45. The van der Waals surface area contributed by atoms with Crippen molar-refractivity contribution in [3.05, 3.63) is 70.0 Å². The standard InChI is InChI=1S/C24H15F3N4O5/c1-12-7-13(10-28)9-14(8-12)20-21-15(5-6-34-21)23(33)31(29-20)11-18(32)30(2)16-3-4-17-22(19(16)25)36-24(26,27)35-17/h3-9H,11H2,1-2H3. The molecule has 5 rings (SSSR count). The van der Waals surface area contributed by atoms with Crippen LogP contribution in [0.2, 0.25) is 0 Å². The van der Waals surface area contributed by atoms with Gasteiger partial charge in [-0.15, -0.1) is 8.78 Å². The minimum atomic E-state index is -4.03. The highest BCUT2D eigenvalue weighted by Gasteiger charge is 2.45. The second-order valence-corrected chi connectivity index (χ2v) is 8.02. The van der Waals surface area contributed by atoms with Crippen molar-refractivity contribution in [2.75, 3.05) is 11.9 Å². The Labute approximate surface area is 200 Å². The predicted octanol–water partition coefficient (Wildman–Crippen LogP) is 3.96. The number of benzene rings is 2. The summed E-state index contributed by atoms with van der Waals surface area (Å²) in [6.07, 6.45) is -2.73. The largest absolute Gasteiger partial charge is 0.586 e. The van der Waals surface area contributed by atoms with Crippen molar-refractivity contribution in [2.24, 2.45) is 0 Å². The van der Waals surface area contributed by atoms with Crippen LogP contribution in [0.25, 0.3) is 22.2 Å². The molecule has 0 radical (unpaired) electrons. The van der Waals surface area contributed by atoms with Gasteiger partial charge in [-0.3, -0.25) is 9.59 Å². The number of carbonyl (C=O) groups is 1. The van der Waals surface area contributed by atoms with E-state index >= 15 is 0 Å². The van der Waals surface area contributed by atoms with Crippen LogP contribution in [-0.4, -0.2) is 29.0 Å². The third kappa shape index (κ3) is 3.80. The Balaban J connectivity index is 1.52. The molecule has 0 aliphatic carbocycles. The summed E-state index contributed by atoms with van der Waals surface area (Å²) in [4.78, 5) is 26.8. The zero-order chi connectivity index (χ0) is 25.8. The number of likely N-dealkylation sites (N-methyl/N-ethyl adjacent to an activating group) is 1. The molecule has 0 N–H and O–H groups in total. The molecule has 1 aliphatic heterocycles. The van der Waals surface area contributed by atoms with E-state index in [1.165, 1.54) is 19.4 Å². The Morgan fingerprint density at radius 3 is 2.75 bits per heavy atom. The average molecular weight is 496 g/mol. The molecule has 0 fully saturated rings. The summed E-state index contributed by atoms with van der Waals surface area (Å²) in [5.74, 6) is -3.34. The molecule has 0 saturated heterocycles. The Hall–Kier alpha value is -4.79. The maximum atomic E-state index is 14.9. The molecule has 3 heterocycles. The molecular weight excluding hydrogens is 481 g/mol. The first-order valence-electron chi connectivity index (χ1n) is 10.4. The number of aromatic nitrogens is 2. The number of fused-ring (bicyclic) bond motifs is 2. The number of furan rings is 1. The topological polar surface area (TPSA) is 111 Å². The number of nitriles is 1. The molecular formula is C24H15F3N4O5. The number of anilines is 1. The number of ether oxygens (including phenoxy) is 2. The molecule has 0 saturated carbocycles. The van der Waals surface area contributed by atoms with Gasteiger partial charge in [0.2, 0.25) is 11.7 Å². The third-order valence-corrected chi connectivity index (χ3v) is 5.56. The smallest absolute Gasteiger partial charge is 0.462 e. The summed E-state index contributed by atoms with van der Waals surface area (Å²) in [5.41, 5.74) is 1.02. The zero-order valence-corrected chi connectivity index (χ0v) is 18.7. The van der Waals surface area contributed by atoms with Gasteiger partial charge in [0.1, 0.15) is 12.2 Å². The number of amides is 1. The second kappa shape index (κ2) is 8.16. The molecule has 36 heavy (non-hydrogen) atoms. The average Bonchev–Trinajstić information content (AvgIpc) is 3.44. The van der Waals surface area contributed by atoms with Gasteiger partial charge in [-0.25, -0.2) is 9.07 Å². The van der Waals surface area contributed by atoms with Crippen LogP contribution in [0, 0.1) is 24.1 Å². The highest BCUT2D eigenvalue weighted by molar-refractivity contribution is 5.94. The van der Waals surface area contributed by atoms with Crippen molar-refractivity contribution in [3.8, 4) is 28.8 Å². The van der Waals surface area contributed by atoms with E-state index in [4.69, 9.17) is 4.42 Å². The summed E-state index contributed by atoms with van der Waals surface area (Å²) in [5, 5.41) is 13.8. The van der Waals surface area contributed by atoms with Gasteiger partial charge < -0.3 is 18.8 Å². The monoisotopic (exact) mass is 496 g/mol. The molecule has 9 nitrogen and oxygen atoms in total. The first-order chi connectivity index (χ1) is 17.1. The number of aryl methyl sites for hydroxylation is 1. The highest BCUT2D eigenvalue weighted by atomic mass is 19.3. The Morgan fingerprint density at radius 2 is 2.00 bits per heavy atom. The molecule has 0 unspecified atom stereocenters. The maximum Gasteiger partial charge on any atom is 0.586 e. The van der Waals surface area contributed by atoms with E-state index in [-0.39, 0.29) is 22.4 Å². The lowest BCUT2D eigenvalue weighted by Crippen LogP contribution is -2.35. The fourth-order valence-corrected chi connectivity index (χ4v) is 3.89. The molecule has 1 amide bonds. The van der Waals surface area contributed by atoms with Crippen molar-refractivity contribution in [3.63, 3.8) is 0 Å². The Morgan fingerprint density at radius 1 is 1.22 bits per heavy atom. The van der Waals surface area contributed by atoms with Gasteiger partial charge in [-0.2, -0.15) is 10.4 Å². The van der Waals surface area contributed by atoms with E-state index in [1.54, 1.807) is 25.1 Å². The number of halogens is 3. The first kappa shape index (κ1) is 23.0. The van der Waals surface area contributed by atoms with Crippen molar-refractivity contribution < 1.29 is 31.9 Å². The van der Waals surface area contributed by atoms with E-state index < -0.39 is 41.6 Å². The zero-order valence-electron chi connectivity index (χ0n) is 18.7. The third-order valence-electron chi connectivity index (χ3n) is 5.56. The molecule has 182 valence electrons. The van der Waals surface area contributed by atoms with Crippen LogP contribution in [0.4, 0.5) is 18.9 Å². The molecule has 0 bridgehead atoms. The maximum absolute atomic E-state index is 14.9. The molecule has 2 aromatic carbocycles. The number of hydrogen-bond donors (Lipinski definition) is 0. The predicted molar refractivity (Wildman–Crippen MR) is 119 cm³/mol. The number of hydrogen-bond acceptors (Lipinski definition) is 7. The van der Waals surface area contributed by atoms with Crippen molar-refractivity contribution in [1.82, 2.24) is 9.78 Å². The van der Waals surface area contributed by atoms with Crippen molar-refractivity contribution in [1.29, 1.82) is 5.26 Å². The fourth-order valence-electron chi connectivity index (χ4n) is 3.89. The molecule has 4 aromatic rings. The van der Waals surface area contributed by atoms with Crippen LogP contribution < -0.4 is 19.9 Å². The van der Waals surface area contributed by atoms with Crippen molar-refractivity contribution in [2.45, 2.75) is 19.8 Å². The Kier molecular flexibility index (Phi) is 5.21. The quantitative estimate of drug-likeness (QED) is 0.421. The van der Waals surface area contributed by atoms with Crippen LogP contribution in [-0.2, 0) is 11.3 Å². The fraction of sp³-hybridized carbons (Fsp3) is 0.167. The van der Waals surface area contributed by atoms with Crippen LogP contribution >= 0.6 is 0 Å². The van der Waals surface area contributed by atoms with Gasteiger partial charge in [-0.1, -0.05) is 0 Å². The van der Waals surface area contributed by atoms with Crippen LogP contribution in [0.3, 0.4) is 0 Å². The molecule has 2 aromatic heterocycles. The molecule has 0 atom stereocenters. The van der Waals surface area contributed by atoms with E-state index in [2.05, 4.69) is 14.6 Å². The Bertz CT molecular complexity index is 1650. The normalized spacial score (nSPS) is 13.6. The van der Waals surface area contributed by atoms with E-state index in [0.29, 0.717) is 11.1 Å². The minimum Gasteiger partial charge on any atom is -0.462 e. The lowest BCUT2D eigenvalue weighted by molar-refractivity contribution is -0.287. The summed E-state index contributed by atoms with van der Waals surface area (Å²) < 4.78 is 56.3. The van der Waals surface area contributed by atoms with Gasteiger partial charge in [0.25, 0.3) is 5.56 Å². The van der Waals surface area contributed by atoms with Gasteiger partial charge >= 0.3 is 6.29 Å². The van der Waals surface area contributed by atoms with Gasteiger partial charge in [0.05, 0.1) is 29.0 Å². The van der Waals surface area contributed by atoms with E-state index in [1.807, 2.05) is 6.07 Å². The van der Waals surface area contributed by atoms with Gasteiger partial charge in [-0.05, 0) is 48.9 Å². The van der Waals surface area contributed by atoms with Crippen LogP contribution in [0.1, 0.15) is 11.1 Å². The molecule has 1 aliphatic rings. The van der Waals surface area contributed by atoms with Gasteiger partial charge in [0.15, 0.2) is 17.1 Å². The number of nitrogens with zero attached hydrogens (tertiary/aromatic N) is 4. The number of alkyl halides is 2. The number of rotatable bonds is 4. The molecule has 12 heteroatoms. The minimum absolute atomic E-state index is 0.145. The van der Waals surface area contributed by atoms with Gasteiger partial charge in [0, 0.05) is 12.6 Å². The SMILES string of the molecule is Cc1cc(C#N)cc(-c2nn(CC(=O)N(C)c3ccc4c(c3F)OC(F)(F)O4)c(=O)c3ccoc23)c1. The van der Waals surface area contributed by atoms with Crippen molar-refractivity contribution >= 4 is 22.6 Å². The first-order valence-corrected chi connectivity index (χ1v) is 10.4. The second-order valence-electron chi connectivity index (χ2n) is 8.02. The van der Waals surface area contributed by atoms with Crippen LogP contribution in [0.15, 0.2) is 51.9 Å². The summed E-state index contributed by atoms with van der Waals surface area (Å²) in [7, 11) is 1.21. The van der Waals surface area contributed by atoms with E-state index in [0.717, 1.165) is 27.3 Å². The summed E-state index contributed by atoms with van der Waals surface area (Å²) in [6, 6.07) is 10.6. The van der Waals surface area contributed by atoms with E-state index in [9.17, 15) is 28.0 Å². The van der Waals surface area contributed by atoms with Crippen LogP contribution in [0.5, 0.6) is 11.5 Å².